The van der Waals surface area contributed by atoms with Crippen LogP contribution >= 0.6 is 17.0 Å². The minimum Gasteiger partial charge on any atom is -0.493 e. The van der Waals surface area contributed by atoms with Crippen LogP contribution in [0.4, 0.5) is 18.9 Å². The maximum Gasteiger partial charge on any atom is 0.419 e. The van der Waals surface area contributed by atoms with Crippen LogP contribution in [0.25, 0.3) is 0 Å². The van der Waals surface area contributed by atoms with Crippen molar-refractivity contribution in [2.75, 3.05) is 13.2 Å². The Morgan fingerprint density at radius 2 is 1.93 bits per heavy atom. The quantitative estimate of drug-likeness (QED) is 0.344. The molecule has 10 nitrogen and oxygen atoms in total. The number of nitrogens with two attached hydrogens (primary N) is 2. The van der Waals surface area contributed by atoms with Crippen LogP contribution in [0, 0.1) is 10.1 Å². The maximum absolute atomic E-state index is 13.0. The van der Waals surface area contributed by atoms with Crippen molar-refractivity contribution in [2.45, 2.75) is 32.1 Å². The largest absolute Gasteiger partial charge is 0.493 e. The summed E-state index contributed by atoms with van der Waals surface area (Å²) in [5.74, 6) is -0.647. The highest BCUT2D eigenvalue weighted by molar-refractivity contribution is 8.93. The molecule has 162 valence electrons. The summed E-state index contributed by atoms with van der Waals surface area (Å²) in [6.07, 6.45) is -4.54. The Balaban J connectivity index is 0.00000420. The van der Waals surface area contributed by atoms with Gasteiger partial charge in [0.1, 0.15) is 5.75 Å². The lowest BCUT2D eigenvalue weighted by Crippen LogP contribution is -2.53. The van der Waals surface area contributed by atoms with Gasteiger partial charge in [-0.1, -0.05) is 0 Å². The van der Waals surface area contributed by atoms with Gasteiger partial charge < -0.3 is 16.2 Å². The lowest BCUT2D eigenvalue weighted by molar-refractivity contribution is -0.385. The van der Waals surface area contributed by atoms with E-state index in [1.54, 1.807) is 13.8 Å². The smallest absolute Gasteiger partial charge is 0.419 e. The van der Waals surface area contributed by atoms with Gasteiger partial charge in [0.05, 0.1) is 29.8 Å². The van der Waals surface area contributed by atoms with Crippen LogP contribution < -0.4 is 16.2 Å². The fourth-order valence-electron chi connectivity index (χ4n) is 2.39. The molecule has 1 heterocycles. The maximum atomic E-state index is 13.0. The molecule has 0 saturated carbocycles. The Morgan fingerprint density at radius 3 is 2.48 bits per heavy atom. The van der Waals surface area contributed by atoms with Gasteiger partial charge in [0.2, 0.25) is 11.9 Å². The van der Waals surface area contributed by atoms with Crippen LogP contribution in [0.15, 0.2) is 28.2 Å². The minimum absolute atomic E-state index is 0. The van der Waals surface area contributed by atoms with Gasteiger partial charge in [-0.2, -0.15) is 23.2 Å². The number of rotatable bonds is 7. The van der Waals surface area contributed by atoms with E-state index in [9.17, 15) is 23.3 Å². The van der Waals surface area contributed by atoms with E-state index in [0.29, 0.717) is 6.07 Å². The van der Waals surface area contributed by atoms with Crippen LogP contribution in [-0.2, 0) is 11.0 Å². The zero-order valence-corrected chi connectivity index (χ0v) is 17.2. The molecule has 0 amide bonds. The second-order valence-electron chi connectivity index (χ2n) is 6.20. The average Bonchev–Trinajstić information content (AvgIpc) is 2.54. The first-order chi connectivity index (χ1) is 12.9. The average molecular weight is 485 g/mol. The second kappa shape index (κ2) is 9.26. The number of hydrogen-bond acceptors (Lipinski definition) is 9. The zero-order valence-electron chi connectivity index (χ0n) is 15.5. The minimum atomic E-state index is -4.71. The Morgan fingerprint density at radius 1 is 1.28 bits per heavy atom. The molecular formula is C15H20BrF3N6O4. The molecule has 0 aromatic heterocycles. The van der Waals surface area contributed by atoms with Crippen molar-refractivity contribution in [3.8, 4) is 5.75 Å². The Bertz CT molecular complexity index is 816. The third-order valence-corrected chi connectivity index (χ3v) is 3.57. The monoisotopic (exact) mass is 484 g/mol. The number of halogens is 4. The first-order valence-corrected chi connectivity index (χ1v) is 8.03. The van der Waals surface area contributed by atoms with Crippen molar-refractivity contribution in [1.82, 2.24) is 5.06 Å². The van der Waals surface area contributed by atoms with Crippen LogP contribution in [0.3, 0.4) is 0 Å². The topological polar surface area (TPSA) is 142 Å². The van der Waals surface area contributed by atoms with Gasteiger partial charge in [0.15, 0.2) is 5.66 Å². The number of hydrogen-bond donors (Lipinski definition) is 2. The third kappa shape index (κ3) is 6.19. The Labute approximate surface area is 174 Å². The van der Waals surface area contributed by atoms with Gasteiger partial charge in [-0.05, 0) is 19.9 Å². The molecule has 1 aromatic rings. The number of guanidine groups is 2. The van der Waals surface area contributed by atoms with Crippen molar-refractivity contribution >= 4 is 34.6 Å². The second-order valence-corrected chi connectivity index (χ2v) is 6.20. The summed E-state index contributed by atoms with van der Waals surface area (Å²) in [4.78, 5) is 23.3. The van der Waals surface area contributed by atoms with Crippen LogP contribution in [0.2, 0.25) is 0 Å². The standard InChI is InChI=1S/C15H19F3N6O4.BrH/c1-14(2)22-12(19)21-13(20)23(14)28-7-3-6-27-11-8-9(24(25)26)4-5-10(11)15(16,17)18;/h4-5,8H,3,6-7H2,1-2H3,(H4,19,20,21,22);1H. The SMILES string of the molecule is Br.CC1(C)N=C(N)N=C(N)N1OCCCOc1cc([N+](=O)[O-])ccc1C(F)(F)F. The van der Waals surface area contributed by atoms with Gasteiger partial charge >= 0.3 is 6.18 Å². The van der Waals surface area contributed by atoms with Gasteiger partial charge in [-0.15, -0.1) is 17.0 Å². The van der Waals surface area contributed by atoms with Gasteiger partial charge in [0, 0.05) is 12.5 Å². The molecule has 1 aliphatic rings. The molecule has 4 N–H and O–H groups in total. The van der Waals surface area contributed by atoms with E-state index in [2.05, 4.69) is 9.98 Å². The number of nitrogens with zero attached hydrogens (tertiary/aromatic N) is 4. The molecule has 0 unspecified atom stereocenters. The Hall–Kier alpha value is -2.61. The van der Waals surface area contributed by atoms with Crippen LogP contribution in [0.1, 0.15) is 25.8 Å². The van der Waals surface area contributed by atoms with Crippen molar-refractivity contribution in [3.63, 3.8) is 0 Å². The molecule has 29 heavy (non-hydrogen) atoms. The number of nitro groups is 1. The molecule has 0 atom stereocenters. The molecule has 0 bridgehead atoms. The van der Waals surface area contributed by atoms with E-state index in [1.165, 1.54) is 5.06 Å². The lowest BCUT2D eigenvalue weighted by atomic mass is 10.1. The molecule has 0 spiro atoms. The van der Waals surface area contributed by atoms with Crippen molar-refractivity contribution < 1.29 is 27.7 Å². The molecule has 2 rings (SSSR count). The van der Waals surface area contributed by atoms with E-state index in [0.717, 1.165) is 12.1 Å². The summed E-state index contributed by atoms with van der Waals surface area (Å²) in [6.45, 7) is 3.19. The van der Waals surface area contributed by atoms with Crippen molar-refractivity contribution in [3.05, 3.63) is 33.9 Å². The predicted octanol–water partition coefficient (Wildman–Crippen LogP) is 2.57. The highest BCUT2D eigenvalue weighted by Crippen LogP contribution is 2.38. The molecule has 1 aromatic carbocycles. The van der Waals surface area contributed by atoms with E-state index in [4.69, 9.17) is 21.0 Å². The van der Waals surface area contributed by atoms with Crippen LogP contribution in [0.5, 0.6) is 5.75 Å². The number of aliphatic imine (C=N–C) groups is 2. The molecule has 0 radical (unpaired) electrons. The number of alkyl halides is 3. The fraction of sp³-hybridized carbons (Fsp3) is 0.467. The van der Waals surface area contributed by atoms with Gasteiger partial charge in [-0.3, -0.25) is 15.0 Å². The first-order valence-electron chi connectivity index (χ1n) is 8.03. The summed E-state index contributed by atoms with van der Waals surface area (Å²) in [6, 6.07) is 2.12. The Kier molecular flexibility index (Phi) is 7.80. The number of nitro benzene ring substituents is 1. The highest BCUT2D eigenvalue weighted by atomic mass is 79.9. The predicted molar refractivity (Wildman–Crippen MR) is 104 cm³/mol. The normalized spacial score (nSPS) is 15.8. The molecule has 1 aliphatic heterocycles. The van der Waals surface area contributed by atoms with Gasteiger partial charge in [0.25, 0.3) is 5.69 Å². The third-order valence-electron chi connectivity index (χ3n) is 3.57. The van der Waals surface area contributed by atoms with E-state index >= 15 is 0 Å². The summed E-state index contributed by atoms with van der Waals surface area (Å²) < 4.78 is 44.2. The summed E-state index contributed by atoms with van der Waals surface area (Å²) in [5, 5.41) is 12.0. The molecule has 0 aliphatic carbocycles. The highest BCUT2D eigenvalue weighted by Gasteiger charge is 2.35. The molecule has 0 saturated heterocycles. The summed E-state index contributed by atoms with van der Waals surface area (Å²) in [5.41, 5.74) is 8.74. The molecular weight excluding hydrogens is 465 g/mol. The number of non-ortho nitro benzene ring substituents is 1. The first kappa shape index (κ1) is 24.4. The van der Waals surface area contributed by atoms with Gasteiger partial charge in [-0.25, -0.2) is 4.99 Å². The zero-order chi connectivity index (χ0) is 21.1. The number of benzene rings is 1. The van der Waals surface area contributed by atoms with Crippen molar-refractivity contribution in [2.24, 2.45) is 21.5 Å². The molecule has 0 fully saturated rings. The number of ether oxygens (including phenoxy) is 1. The summed E-state index contributed by atoms with van der Waals surface area (Å²) in [7, 11) is 0. The van der Waals surface area contributed by atoms with Crippen LogP contribution in [-0.4, -0.2) is 40.8 Å². The number of hydroxylamine groups is 2. The lowest BCUT2D eigenvalue weighted by Gasteiger charge is -2.36. The van der Waals surface area contributed by atoms with E-state index in [-0.39, 0.29) is 48.5 Å². The summed E-state index contributed by atoms with van der Waals surface area (Å²) >= 11 is 0. The van der Waals surface area contributed by atoms with E-state index in [1.807, 2.05) is 0 Å². The molecule has 14 heteroatoms. The van der Waals surface area contributed by atoms with E-state index < -0.39 is 33.8 Å². The van der Waals surface area contributed by atoms with Crippen molar-refractivity contribution in [1.29, 1.82) is 0 Å². The fourth-order valence-corrected chi connectivity index (χ4v) is 2.39.